The minimum atomic E-state index is -0.761. The van der Waals surface area contributed by atoms with Crippen molar-refractivity contribution in [2.45, 2.75) is 20.3 Å². The number of hydrogen-bond donors (Lipinski definition) is 1. The van der Waals surface area contributed by atoms with Gasteiger partial charge in [-0.25, -0.2) is 9.78 Å². The van der Waals surface area contributed by atoms with Crippen LogP contribution >= 0.6 is 0 Å². The third-order valence-corrected chi connectivity index (χ3v) is 2.14. The Morgan fingerprint density at radius 2 is 2.06 bits per heavy atom. The van der Waals surface area contributed by atoms with Crippen molar-refractivity contribution in [3.63, 3.8) is 0 Å². The topological polar surface area (TPSA) is 98.3 Å². The van der Waals surface area contributed by atoms with E-state index < -0.39 is 17.5 Å². The van der Waals surface area contributed by atoms with E-state index in [0.29, 0.717) is 0 Å². The Balaban J connectivity index is 3.20. The molecule has 1 N–H and O–H groups in total. The van der Waals surface area contributed by atoms with Crippen LogP contribution in [0.25, 0.3) is 0 Å². The first kappa shape index (κ1) is 13.9. The van der Waals surface area contributed by atoms with Crippen molar-refractivity contribution in [1.29, 1.82) is 0 Å². The number of rotatable bonds is 4. The van der Waals surface area contributed by atoms with Crippen molar-refractivity contribution in [3.8, 4) is 0 Å². The molecule has 1 heterocycles. The summed E-state index contributed by atoms with van der Waals surface area (Å²) < 4.78 is 9.25. The molecule has 0 aliphatic rings. The number of carbonyl (C=O) groups excluding carboxylic acids is 2. The molecule has 0 bridgehead atoms. The second kappa shape index (κ2) is 5.95. The zero-order valence-electron chi connectivity index (χ0n) is 10.4. The Labute approximate surface area is 103 Å². The van der Waals surface area contributed by atoms with Gasteiger partial charge in [0.2, 0.25) is 0 Å². The van der Waals surface area contributed by atoms with E-state index in [-0.39, 0.29) is 30.1 Å². The molecule has 1 aromatic heterocycles. The Kier molecular flexibility index (Phi) is 4.59. The summed E-state index contributed by atoms with van der Waals surface area (Å²) in [6.07, 6.45) is -0.319. The van der Waals surface area contributed by atoms with Crippen LogP contribution in [0.4, 0.5) is 0 Å². The van der Waals surface area contributed by atoms with Crippen LogP contribution in [0.1, 0.15) is 28.8 Å². The molecule has 0 saturated heterocycles. The van der Waals surface area contributed by atoms with Crippen molar-refractivity contribution >= 4 is 11.9 Å². The van der Waals surface area contributed by atoms with Crippen LogP contribution in [0, 0.1) is 6.92 Å². The van der Waals surface area contributed by atoms with Gasteiger partial charge < -0.3 is 14.5 Å². The molecule has 0 spiro atoms. The molecule has 0 saturated carbocycles. The summed E-state index contributed by atoms with van der Waals surface area (Å²) in [6.45, 7) is 3.38. The van der Waals surface area contributed by atoms with Crippen LogP contribution < -0.4 is 5.56 Å². The van der Waals surface area contributed by atoms with E-state index in [1.165, 1.54) is 14.0 Å². The Hall–Kier alpha value is -2.18. The molecule has 7 nitrogen and oxygen atoms in total. The standard InChI is InChI=1S/C11H14N2O5/c1-4-18-8(14)5-7-9(11(16)17-3)12-6(2)13-10(7)15/h4-5H2,1-3H3,(H,12,13,15). The third-order valence-electron chi connectivity index (χ3n) is 2.14. The minimum absolute atomic E-state index is 0.0501. The molecular weight excluding hydrogens is 240 g/mol. The highest BCUT2D eigenvalue weighted by atomic mass is 16.5. The number of carbonyl (C=O) groups is 2. The van der Waals surface area contributed by atoms with Gasteiger partial charge in [-0.05, 0) is 13.8 Å². The number of nitrogens with zero attached hydrogens (tertiary/aromatic N) is 1. The van der Waals surface area contributed by atoms with E-state index >= 15 is 0 Å². The quantitative estimate of drug-likeness (QED) is 0.757. The fourth-order valence-electron chi connectivity index (χ4n) is 1.40. The normalized spacial score (nSPS) is 9.94. The number of aryl methyl sites for hydroxylation is 1. The molecule has 0 aromatic carbocycles. The number of H-pyrrole nitrogens is 1. The second-order valence-electron chi connectivity index (χ2n) is 3.45. The van der Waals surface area contributed by atoms with Crippen LogP contribution in [-0.4, -0.2) is 35.6 Å². The molecular formula is C11H14N2O5. The Morgan fingerprint density at radius 1 is 1.39 bits per heavy atom. The fraction of sp³-hybridized carbons (Fsp3) is 0.455. The molecule has 98 valence electrons. The summed E-state index contributed by atoms with van der Waals surface area (Å²) in [5.41, 5.74) is -0.756. The van der Waals surface area contributed by atoms with Gasteiger partial charge >= 0.3 is 11.9 Å². The predicted molar refractivity (Wildman–Crippen MR) is 61.3 cm³/mol. The van der Waals surface area contributed by atoms with E-state index in [0.717, 1.165) is 0 Å². The van der Waals surface area contributed by atoms with Gasteiger partial charge in [0.15, 0.2) is 5.69 Å². The van der Waals surface area contributed by atoms with Gasteiger partial charge in [-0.2, -0.15) is 0 Å². The summed E-state index contributed by atoms with van der Waals surface area (Å²) in [4.78, 5) is 40.9. The highest BCUT2D eigenvalue weighted by molar-refractivity contribution is 5.90. The lowest BCUT2D eigenvalue weighted by Gasteiger charge is -2.06. The summed E-state index contributed by atoms with van der Waals surface area (Å²) in [6, 6.07) is 0. The van der Waals surface area contributed by atoms with Crippen molar-refractivity contribution < 1.29 is 19.1 Å². The molecule has 0 aliphatic heterocycles. The molecule has 0 aliphatic carbocycles. The van der Waals surface area contributed by atoms with Crippen molar-refractivity contribution in [2.24, 2.45) is 0 Å². The van der Waals surface area contributed by atoms with Gasteiger partial charge in [-0.3, -0.25) is 9.59 Å². The number of hydrogen-bond acceptors (Lipinski definition) is 6. The zero-order valence-corrected chi connectivity index (χ0v) is 10.4. The second-order valence-corrected chi connectivity index (χ2v) is 3.45. The van der Waals surface area contributed by atoms with Crippen LogP contribution in [-0.2, 0) is 20.7 Å². The number of aromatic nitrogens is 2. The fourth-order valence-corrected chi connectivity index (χ4v) is 1.40. The average molecular weight is 254 g/mol. The number of methoxy groups -OCH3 is 1. The lowest BCUT2D eigenvalue weighted by atomic mass is 10.1. The van der Waals surface area contributed by atoms with Gasteiger partial charge in [-0.15, -0.1) is 0 Å². The number of esters is 2. The summed E-state index contributed by atoms with van der Waals surface area (Å²) in [5.74, 6) is -1.09. The van der Waals surface area contributed by atoms with E-state index in [1.54, 1.807) is 6.92 Å². The van der Waals surface area contributed by atoms with Crippen LogP contribution in [0.3, 0.4) is 0 Å². The lowest BCUT2D eigenvalue weighted by molar-refractivity contribution is -0.142. The van der Waals surface area contributed by atoms with Crippen molar-refractivity contribution in [2.75, 3.05) is 13.7 Å². The SMILES string of the molecule is CCOC(=O)Cc1c(C(=O)OC)nc(C)[nH]c1=O. The highest BCUT2D eigenvalue weighted by Crippen LogP contribution is 2.05. The molecule has 0 atom stereocenters. The smallest absolute Gasteiger partial charge is 0.357 e. The van der Waals surface area contributed by atoms with Crippen LogP contribution in [0.2, 0.25) is 0 Å². The monoisotopic (exact) mass is 254 g/mol. The molecule has 0 fully saturated rings. The first-order chi connectivity index (χ1) is 8.49. The van der Waals surface area contributed by atoms with Crippen molar-refractivity contribution in [3.05, 3.63) is 27.4 Å². The molecule has 0 amide bonds. The maximum Gasteiger partial charge on any atom is 0.357 e. The molecule has 0 radical (unpaired) electrons. The highest BCUT2D eigenvalue weighted by Gasteiger charge is 2.20. The van der Waals surface area contributed by atoms with Gasteiger partial charge in [0.05, 0.1) is 25.7 Å². The molecule has 1 aromatic rings. The molecule has 0 unspecified atom stereocenters. The first-order valence-corrected chi connectivity index (χ1v) is 5.33. The Bertz CT molecular complexity index is 521. The average Bonchev–Trinajstić information content (AvgIpc) is 2.31. The number of ether oxygens (including phenoxy) is 2. The number of nitrogens with one attached hydrogen (secondary N) is 1. The van der Waals surface area contributed by atoms with Crippen molar-refractivity contribution in [1.82, 2.24) is 9.97 Å². The summed E-state index contributed by atoms with van der Waals surface area (Å²) in [5, 5.41) is 0. The van der Waals surface area contributed by atoms with Crippen LogP contribution in [0.5, 0.6) is 0 Å². The predicted octanol–water partition coefficient (Wildman–Crippen LogP) is -0.0295. The van der Waals surface area contributed by atoms with Gasteiger partial charge in [0.25, 0.3) is 5.56 Å². The molecule has 18 heavy (non-hydrogen) atoms. The zero-order chi connectivity index (χ0) is 13.7. The third kappa shape index (κ3) is 3.16. The van der Waals surface area contributed by atoms with Gasteiger partial charge in [0.1, 0.15) is 5.82 Å². The molecule has 7 heteroatoms. The summed E-state index contributed by atoms with van der Waals surface area (Å²) in [7, 11) is 1.18. The van der Waals surface area contributed by atoms with Crippen LogP contribution in [0.15, 0.2) is 4.79 Å². The van der Waals surface area contributed by atoms with E-state index in [4.69, 9.17) is 4.74 Å². The van der Waals surface area contributed by atoms with E-state index in [2.05, 4.69) is 14.7 Å². The first-order valence-electron chi connectivity index (χ1n) is 5.33. The van der Waals surface area contributed by atoms with Gasteiger partial charge in [-0.1, -0.05) is 0 Å². The van der Waals surface area contributed by atoms with Gasteiger partial charge in [0, 0.05) is 0 Å². The van der Waals surface area contributed by atoms with E-state index in [1.807, 2.05) is 0 Å². The number of aromatic amines is 1. The lowest BCUT2D eigenvalue weighted by Crippen LogP contribution is -2.25. The largest absolute Gasteiger partial charge is 0.466 e. The molecule has 1 rings (SSSR count). The minimum Gasteiger partial charge on any atom is -0.466 e. The Morgan fingerprint density at radius 3 is 2.61 bits per heavy atom. The maximum atomic E-state index is 11.7. The van der Waals surface area contributed by atoms with E-state index in [9.17, 15) is 14.4 Å². The maximum absolute atomic E-state index is 11.7. The summed E-state index contributed by atoms with van der Waals surface area (Å²) >= 11 is 0.